The lowest BCUT2D eigenvalue weighted by atomic mass is 9.85. The van der Waals surface area contributed by atoms with Gasteiger partial charge in [-0.15, -0.1) is 0 Å². The molecule has 0 spiro atoms. The minimum atomic E-state index is -4.54. The number of alkyl carbamates (subject to hydrolysis) is 2. The van der Waals surface area contributed by atoms with Crippen LogP contribution in [-0.2, 0) is 67.9 Å². The Labute approximate surface area is 737 Å². The summed E-state index contributed by atoms with van der Waals surface area (Å²) in [7, 11) is -5.23. The molecule has 8 aromatic rings. The molecule has 33 nitrogen and oxygen atoms in total. The molecule has 4 aliphatic carbocycles. The van der Waals surface area contributed by atoms with Crippen LogP contribution in [0.25, 0.3) is 44.3 Å². The third kappa shape index (κ3) is 22.1. The van der Waals surface area contributed by atoms with Gasteiger partial charge in [0.1, 0.15) is 81.7 Å². The monoisotopic (exact) mass is 1780 g/mol. The molecule has 127 heavy (non-hydrogen) atoms. The van der Waals surface area contributed by atoms with Crippen molar-refractivity contribution in [1.29, 1.82) is 0 Å². The van der Waals surface area contributed by atoms with Crippen LogP contribution in [0, 0.1) is 10.8 Å². The third-order valence-corrected chi connectivity index (χ3v) is 26.3. The molecular formula is C92H110N12O21S2. The number of carbonyl (C=O) groups excluding carboxylic acids is 9. The van der Waals surface area contributed by atoms with E-state index in [4.69, 9.17) is 43.5 Å². The number of fused-ring (bicyclic) bond motifs is 2. The number of nitrogens with zero attached hydrogens (tertiary/aromatic N) is 4. The van der Waals surface area contributed by atoms with E-state index in [9.17, 15) is 69.9 Å². The van der Waals surface area contributed by atoms with Gasteiger partial charge in [0.25, 0.3) is 5.91 Å². The summed E-state index contributed by atoms with van der Waals surface area (Å²) in [5, 5.41) is 32.2. The number of nitrogens with one attached hydrogen (secondary N) is 7. The van der Waals surface area contributed by atoms with E-state index < -0.39 is 159 Å². The van der Waals surface area contributed by atoms with Gasteiger partial charge in [-0.2, -0.15) is 0 Å². The molecular weight excluding hydrogens is 1670 g/mol. The number of nitrogens with two attached hydrogens (primary N) is 1. The molecule has 9 amide bonds. The maximum Gasteiger partial charge on any atom is 0.408 e. The Balaban J connectivity index is 0.000000201. The summed E-state index contributed by atoms with van der Waals surface area (Å²) in [6.45, 7) is 20.9. The molecule has 2 aliphatic heterocycles. The normalized spacial score (nSPS) is 19.1. The van der Waals surface area contributed by atoms with Gasteiger partial charge in [0.15, 0.2) is 9.49 Å². The number of benzene rings is 6. The number of methoxy groups -OCH3 is 2. The Kier molecular flexibility index (Phi) is 26.9. The number of carboxylic acid groups (broad SMARTS) is 1. The first-order valence-corrected chi connectivity index (χ1v) is 44.8. The Morgan fingerprint density at radius 3 is 1.14 bits per heavy atom. The zero-order chi connectivity index (χ0) is 92.4. The number of likely N-dealkylation sites (tertiary alicyclic amines) is 2. The van der Waals surface area contributed by atoms with Gasteiger partial charge in [0.2, 0.25) is 55.5 Å². The second-order valence-corrected chi connectivity index (χ2v) is 40.8. The molecule has 2 saturated heterocycles. The van der Waals surface area contributed by atoms with Gasteiger partial charge in [0.05, 0.1) is 49.7 Å². The number of carbonyl (C=O) groups is 10. The molecule has 6 atom stereocenters. The van der Waals surface area contributed by atoms with Crippen LogP contribution in [0.1, 0.15) is 147 Å². The predicted octanol–water partition coefficient (Wildman–Crippen LogP) is 10.8. The maximum absolute atomic E-state index is 14.7. The van der Waals surface area contributed by atoms with Gasteiger partial charge in [-0.1, -0.05) is 139 Å². The molecule has 0 bridgehead atoms. The van der Waals surface area contributed by atoms with Crippen molar-refractivity contribution in [3.63, 3.8) is 0 Å². The minimum absolute atomic E-state index is 0.00754. The maximum atomic E-state index is 14.7. The van der Waals surface area contributed by atoms with Gasteiger partial charge in [-0.05, 0) is 152 Å². The highest BCUT2D eigenvalue weighted by Gasteiger charge is 2.64. The van der Waals surface area contributed by atoms with Crippen molar-refractivity contribution in [3.05, 3.63) is 170 Å². The lowest BCUT2D eigenvalue weighted by Gasteiger charge is -2.36. The van der Waals surface area contributed by atoms with E-state index in [1.807, 2.05) is 91.0 Å². The van der Waals surface area contributed by atoms with Crippen LogP contribution in [0.15, 0.2) is 170 Å². The first-order chi connectivity index (χ1) is 59.6. The summed E-state index contributed by atoms with van der Waals surface area (Å²) in [5.74, 6) is -3.67. The van der Waals surface area contributed by atoms with Gasteiger partial charge in [0, 0.05) is 70.4 Å². The van der Waals surface area contributed by atoms with E-state index in [1.54, 1.807) is 176 Å². The smallest absolute Gasteiger partial charge is 0.408 e. The Hall–Kier alpha value is -12.5. The largest absolute Gasteiger partial charge is 0.497 e. The number of primary sulfonamides is 1. The zero-order valence-electron chi connectivity index (χ0n) is 73.4. The minimum Gasteiger partial charge on any atom is -0.497 e. The molecule has 676 valence electrons. The zero-order valence-corrected chi connectivity index (χ0v) is 75.0. The number of aromatic nitrogens is 2. The van der Waals surface area contributed by atoms with E-state index >= 15 is 0 Å². The molecule has 4 saturated carbocycles. The number of hydrogen-bond donors (Lipinski definition) is 9. The van der Waals surface area contributed by atoms with E-state index in [2.05, 4.69) is 36.6 Å². The van der Waals surface area contributed by atoms with E-state index in [-0.39, 0.29) is 51.6 Å². The highest BCUT2D eigenvalue weighted by atomic mass is 32.2. The second kappa shape index (κ2) is 36.5. The Morgan fingerprint density at radius 2 is 0.819 bits per heavy atom. The molecule has 0 unspecified atom stereocenters. The molecule has 35 heteroatoms. The molecule has 6 aromatic carbocycles. The average Bonchev–Trinajstić information content (AvgIpc) is 1.58. The first-order valence-electron chi connectivity index (χ1n) is 41.8. The van der Waals surface area contributed by atoms with Gasteiger partial charge in [-0.25, -0.2) is 46.3 Å². The summed E-state index contributed by atoms with van der Waals surface area (Å²) in [5.41, 5.74) is -1.08. The fourth-order valence-corrected chi connectivity index (χ4v) is 17.5. The first kappa shape index (κ1) is 93.7. The Morgan fingerprint density at radius 1 is 0.465 bits per heavy atom. The number of aliphatic carboxylic acids is 1. The van der Waals surface area contributed by atoms with Crippen molar-refractivity contribution in [1.82, 2.24) is 45.8 Å². The highest BCUT2D eigenvalue weighted by Crippen LogP contribution is 2.47. The van der Waals surface area contributed by atoms with Gasteiger partial charge < -0.3 is 75.2 Å². The van der Waals surface area contributed by atoms with Crippen LogP contribution in [0.5, 0.6) is 23.0 Å². The topological polar surface area (TPSA) is 457 Å². The van der Waals surface area contributed by atoms with Crippen molar-refractivity contribution in [2.24, 2.45) is 16.0 Å². The molecule has 14 rings (SSSR count). The molecule has 2 aromatic heterocycles. The molecule has 4 heterocycles. The van der Waals surface area contributed by atoms with E-state index in [0.717, 1.165) is 11.1 Å². The third-order valence-electron chi connectivity index (χ3n) is 22.6. The summed E-state index contributed by atoms with van der Waals surface area (Å²) in [6.07, 6.45) is -1.51. The number of sulfonamides is 2. The van der Waals surface area contributed by atoms with Crippen LogP contribution in [0.2, 0.25) is 0 Å². The fourth-order valence-electron chi connectivity index (χ4n) is 14.9. The van der Waals surface area contributed by atoms with Crippen molar-refractivity contribution >= 4 is 113 Å². The number of hydrogen-bond acceptors (Lipinski definition) is 22. The fraction of sp³-hybridized carbons (Fsp3) is 0.435. The van der Waals surface area contributed by atoms with Crippen molar-refractivity contribution in [2.45, 2.75) is 215 Å². The number of anilines is 2. The van der Waals surface area contributed by atoms with Crippen LogP contribution >= 0.6 is 0 Å². The number of pyridine rings is 2. The van der Waals surface area contributed by atoms with E-state index in [1.165, 1.54) is 9.80 Å². The summed E-state index contributed by atoms with van der Waals surface area (Å²) >= 11 is 0. The average molecular weight is 1780 g/mol. The lowest BCUT2D eigenvalue weighted by molar-refractivity contribution is -0.146. The molecule has 10 N–H and O–H groups in total. The SMILES string of the molecule is COc1ccc2c(O[C@@H]3C[C@@H](C(=O)NC4(C(=O)NS(=O)(=O)C5(C(=O)Nc6ccccc6)CC5)CC4)N(C(=O)[C@@H](NC(=O)OC(C)(C)C)C(C)(C)C)C3)cc(-c3ccccc3)nc2c1.COc1ccc2c(O[C@@H]3C[C@@H](C(=O)NC4(C(=O)O)CC4)N(C(=O)[C@@H](NC(=O)OC(C)(C)C)C(C)(C)C)C3)cc(-c3ccccc3)nc2c1.NS(=O)(=O)C1(C(=O)Nc2ccccc2)CC1. The number of ether oxygens (including phenoxy) is 6. The number of para-hydroxylation sites is 2. The van der Waals surface area contributed by atoms with Crippen molar-refractivity contribution in [3.8, 4) is 45.5 Å². The van der Waals surface area contributed by atoms with Crippen molar-refractivity contribution in [2.75, 3.05) is 37.9 Å². The Bertz CT molecular complexity index is 5750. The van der Waals surface area contributed by atoms with Crippen LogP contribution < -0.4 is 60.7 Å². The highest BCUT2D eigenvalue weighted by molar-refractivity contribution is 7.92. The quantitative estimate of drug-likeness (QED) is 0.0257. The van der Waals surface area contributed by atoms with Crippen molar-refractivity contribution < 1.29 is 98.3 Å². The van der Waals surface area contributed by atoms with Crippen LogP contribution in [-0.4, -0.2) is 197 Å². The summed E-state index contributed by atoms with van der Waals surface area (Å²) < 4.78 is 83.9. The van der Waals surface area contributed by atoms with Crippen LogP contribution in [0.3, 0.4) is 0 Å². The standard InChI is InChI=1S/C46H54N6O10S.C36H44N4O8.C10H12N2O3S/c1-43(2,3)37(49-42(57)62-44(4,5)6)39(54)52-27-31(61-36-26-33(28-14-10-8-11-15-28)48-34-24-30(60-7)18-19-32(34)36)25-35(52)38(53)50-45(20-21-45)40(55)51-63(58,59)46(22-23-46)41(56)47-29-16-12-9-13-17-29;1-34(2,3)29(38-33(45)48-35(4,5)6)31(42)40-20-23(18-27(40)30(41)39-36(15-16-36)32(43)44)47-28-19-25(21-11-9-8-10-12-21)37-26-17-22(46-7)13-14-24(26)28;11-16(14,15)10(6-7-10)9(13)12-8-4-2-1-3-5-8/h8-19,24,26,31,35,37H,20-23,25,27H2,1-7H3,(H,47,56)(H,49,57)(H,50,53)(H,51,55);8-14,17,19,23,27,29H,15-16,18,20H2,1-7H3,(H,38,45)(H,39,41)(H,43,44);1-5H,6-7H2,(H,12,13)(H2,11,14,15)/t31-,35+,37-;23-,27+,29-;/m11./s1. The van der Waals surface area contributed by atoms with Crippen LogP contribution in [0.4, 0.5) is 21.0 Å². The number of carboxylic acids is 1. The summed E-state index contributed by atoms with van der Waals surface area (Å²) in [6, 6.07) is 46.2. The summed E-state index contributed by atoms with van der Waals surface area (Å²) in [4.78, 5) is 147. The van der Waals surface area contributed by atoms with E-state index in [0.29, 0.717) is 93.2 Å². The molecule has 6 aliphatic rings. The molecule has 0 radical (unpaired) electrons. The lowest BCUT2D eigenvalue weighted by Crippen LogP contribution is -2.60. The van der Waals surface area contributed by atoms with Gasteiger partial charge in [-0.3, -0.25) is 38.3 Å². The number of amides is 9. The second-order valence-electron chi connectivity index (χ2n) is 36.9. The molecule has 6 fully saturated rings. The number of rotatable bonds is 25. The predicted molar refractivity (Wildman–Crippen MR) is 474 cm³/mol. The van der Waals surface area contributed by atoms with Gasteiger partial charge >= 0.3 is 18.2 Å².